The Kier molecular flexibility index (Phi) is 5.29. The van der Waals surface area contributed by atoms with E-state index in [0.717, 1.165) is 16.9 Å². The molecule has 0 radical (unpaired) electrons. The summed E-state index contributed by atoms with van der Waals surface area (Å²) in [5, 5.41) is 10.2. The second kappa shape index (κ2) is 7.50. The minimum Gasteiger partial charge on any atom is -0.477 e. The first kappa shape index (κ1) is 19.1. The fourth-order valence-electron chi connectivity index (χ4n) is 2.83. The van der Waals surface area contributed by atoms with Crippen LogP contribution in [-0.2, 0) is 17.8 Å². The van der Waals surface area contributed by atoms with Crippen molar-refractivity contribution in [3.05, 3.63) is 61.5 Å². The maximum absolute atomic E-state index is 13.0. The zero-order valence-electron chi connectivity index (χ0n) is 14.4. The normalized spacial score (nSPS) is 11.0. The predicted octanol–water partition coefficient (Wildman–Crippen LogP) is 2.58. The Morgan fingerprint density at radius 2 is 1.96 bits per heavy atom. The van der Waals surface area contributed by atoms with Crippen LogP contribution in [0.1, 0.15) is 33.0 Å². The van der Waals surface area contributed by atoms with Crippen LogP contribution in [0.4, 0.5) is 0 Å². The molecule has 2 aromatic heterocycles. The quantitative estimate of drug-likeness (QED) is 0.654. The van der Waals surface area contributed by atoms with Crippen molar-refractivity contribution in [1.29, 1.82) is 0 Å². The lowest BCUT2D eigenvalue weighted by molar-refractivity contribution is -0.118. The Morgan fingerprint density at radius 3 is 2.56 bits per heavy atom. The van der Waals surface area contributed by atoms with Crippen LogP contribution in [-0.4, -0.2) is 26.5 Å². The predicted molar refractivity (Wildman–Crippen MR) is 104 cm³/mol. The summed E-state index contributed by atoms with van der Waals surface area (Å²) in [7, 11) is 0. The van der Waals surface area contributed by atoms with Crippen molar-refractivity contribution in [2.24, 2.45) is 5.73 Å². The fourth-order valence-corrected chi connectivity index (χ4v) is 3.99. The smallest absolute Gasteiger partial charge is 0.346 e. The summed E-state index contributed by atoms with van der Waals surface area (Å²) >= 11 is 6.88. The van der Waals surface area contributed by atoms with Gasteiger partial charge in [-0.15, -0.1) is 11.3 Å². The zero-order valence-corrected chi connectivity index (χ0v) is 15.9. The number of benzene rings is 1. The number of fused-ring (bicyclic) bond motifs is 1. The van der Waals surface area contributed by atoms with Gasteiger partial charge < -0.3 is 10.8 Å². The number of hydrogen-bond donors (Lipinski definition) is 2. The van der Waals surface area contributed by atoms with Crippen molar-refractivity contribution in [3.63, 3.8) is 0 Å². The molecule has 3 N–H and O–H groups in total. The van der Waals surface area contributed by atoms with E-state index in [1.165, 1.54) is 4.57 Å². The van der Waals surface area contributed by atoms with E-state index < -0.39 is 11.9 Å². The maximum Gasteiger partial charge on any atom is 0.346 e. The van der Waals surface area contributed by atoms with Gasteiger partial charge in [-0.1, -0.05) is 23.7 Å². The fraction of sp³-hybridized carbons (Fsp3) is 0.222. The molecule has 3 aromatic rings. The lowest BCUT2D eigenvalue weighted by Crippen LogP contribution is -2.28. The van der Waals surface area contributed by atoms with Crippen LogP contribution in [0, 0.1) is 6.92 Å². The van der Waals surface area contributed by atoms with Crippen LogP contribution in [0.15, 0.2) is 29.1 Å². The highest BCUT2D eigenvalue weighted by Crippen LogP contribution is 2.28. The van der Waals surface area contributed by atoms with Gasteiger partial charge in [-0.05, 0) is 30.2 Å². The molecule has 0 aliphatic carbocycles. The molecule has 1 aromatic carbocycles. The number of carbonyl (C=O) groups excluding carboxylic acids is 1. The third-order valence-corrected chi connectivity index (χ3v) is 5.61. The minimum absolute atomic E-state index is 0.0182. The van der Waals surface area contributed by atoms with Gasteiger partial charge >= 0.3 is 5.97 Å². The summed E-state index contributed by atoms with van der Waals surface area (Å²) in [6, 6.07) is 7.11. The minimum atomic E-state index is -1.10. The molecule has 27 heavy (non-hydrogen) atoms. The molecular weight excluding hydrogens is 390 g/mol. The van der Waals surface area contributed by atoms with E-state index in [2.05, 4.69) is 4.98 Å². The number of carbonyl (C=O) groups is 2. The van der Waals surface area contributed by atoms with Gasteiger partial charge in [-0.25, -0.2) is 9.78 Å². The molecule has 0 atom stereocenters. The number of carboxylic acid groups (broad SMARTS) is 1. The van der Waals surface area contributed by atoms with E-state index in [0.29, 0.717) is 27.7 Å². The summed E-state index contributed by atoms with van der Waals surface area (Å²) in [6.07, 6.45) is 0.316. The Balaban J connectivity index is 2.18. The highest BCUT2D eigenvalue weighted by molar-refractivity contribution is 7.20. The number of aromatic nitrogens is 2. The number of halogens is 1. The third kappa shape index (κ3) is 3.86. The SMILES string of the molecule is Cc1c(C(=O)O)sc2nc(Cc3ccc(Cl)cc3)n(CCC(N)=O)c(=O)c12. The topological polar surface area (TPSA) is 115 Å². The van der Waals surface area contributed by atoms with E-state index in [1.54, 1.807) is 19.1 Å². The molecule has 0 spiro atoms. The van der Waals surface area contributed by atoms with Crippen LogP contribution < -0.4 is 11.3 Å². The summed E-state index contributed by atoms with van der Waals surface area (Å²) in [4.78, 5) is 40.6. The summed E-state index contributed by atoms with van der Waals surface area (Å²) in [5.41, 5.74) is 6.12. The summed E-state index contributed by atoms with van der Waals surface area (Å²) in [5.74, 6) is -1.19. The highest BCUT2D eigenvalue weighted by Gasteiger charge is 2.21. The van der Waals surface area contributed by atoms with Crippen LogP contribution in [0.3, 0.4) is 0 Å². The van der Waals surface area contributed by atoms with Gasteiger partial charge in [0.15, 0.2) is 0 Å². The molecule has 0 fully saturated rings. The molecular formula is C18H16ClN3O4S. The Labute approximate surface area is 163 Å². The van der Waals surface area contributed by atoms with E-state index in [9.17, 15) is 19.5 Å². The van der Waals surface area contributed by atoms with Gasteiger partial charge in [0.1, 0.15) is 15.5 Å². The van der Waals surface area contributed by atoms with Crippen LogP contribution in [0.5, 0.6) is 0 Å². The Bertz CT molecular complexity index is 1100. The number of carboxylic acids is 1. The van der Waals surface area contributed by atoms with Crippen LogP contribution in [0.25, 0.3) is 10.2 Å². The average molecular weight is 406 g/mol. The molecule has 0 saturated heterocycles. The van der Waals surface area contributed by atoms with Crippen molar-refractivity contribution in [2.75, 3.05) is 0 Å². The van der Waals surface area contributed by atoms with Gasteiger partial charge in [-0.2, -0.15) is 0 Å². The zero-order chi connectivity index (χ0) is 19.7. The number of aromatic carboxylic acids is 1. The second-order valence-corrected chi connectivity index (χ2v) is 7.48. The lowest BCUT2D eigenvalue weighted by Gasteiger charge is -2.12. The number of nitrogens with two attached hydrogens (primary N) is 1. The largest absolute Gasteiger partial charge is 0.477 e. The summed E-state index contributed by atoms with van der Waals surface area (Å²) < 4.78 is 1.40. The number of hydrogen-bond acceptors (Lipinski definition) is 5. The number of amides is 1. The Morgan fingerprint density at radius 1 is 1.30 bits per heavy atom. The van der Waals surface area contributed by atoms with E-state index >= 15 is 0 Å². The first-order chi connectivity index (χ1) is 12.8. The Hall–Kier alpha value is -2.71. The molecule has 0 aliphatic rings. The van der Waals surface area contributed by atoms with Crippen molar-refractivity contribution in [2.45, 2.75) is 26.3 Å². The van der Waals surface area contributed by atoms with Gasteiger partial charge in [0.25, 0.3) is 5.56 Å². The number of thiophene rings is 1. The molecule has 0 aliphatic heterocycles. The number of primary amides is 1. The van der Waals surface area contributed by atoms with Gasteiger partial charge in [-0.3, -0.25) is 14.2 Å². The lowest BCUT2D eigenvalue weighted by atomic mass is 10.1. The first-order valence-corrected chi connectivity index (χ1v) is 9.26. The molecule has 0 saturated carbocycles. The standard InChI is InChI=1S/C18H16ClN3O4S/c1-9-14-16(27-15(9)18(25)26)21-13(8-10-2-4-11(19)5-3-10)22(17(14)24)7-6-12(20)23/h2-5H,6-8H2,1H3,(H2,20,23)(H,25,26). The monoisotopic (exact) mass is 405 g/mol. The molecule has 1 amide bonds. The van der Waals surface area contributed by atoms with Crippen molar-refractivity contribution >= 4 is 45.0 Å². The molecule has 140 valence electrons. The van der Waals surface area contributed by atoms with Crippen LogP contribution >= 0.6 is 22.9 Å². The maximum atomic E-state index is 13.0. The van der Waals surface area contributed by atoms with Gasteiger partial charge in [0.05, 0.1) is 5.39 Å². The number of aryl methyl sites for hydroxylation is 1. The van der Waals surface area contributed by atoms with Crippen molar-refractivity contribution in [3.8, 4) is 0 Å². The average Bonchev–Trinajstić information content (AvgIpc) is 2.93. The van der Waals surface area contributed by atoms with Gasteiger partial charge in [0, 0.05) is 24.4 Å². The van der Waals surface area contributed by atoms with Gasteiger partial charge in [0.2, 0.25) is 5.91 Å². The number of nitrogens with zero attached hydrogens (tertiary/aromatic N) is 2. The van der Waals surface area contributed by atoms with E-state index in [1.807, 2.05) is 12.1 Å². The van der Waals surface area contributed by atoms with Crippen molar-refractivity contribution in [1.82, 2.24) is 9.55 Å². The summed E-state index contributed by atoms with van der Waals surface area (Å²) in [6.45, 7) is 1.67. The highest BCUT2D eigenvalue weighted by atomic mass is 35.5. The molecule has 9 heteroatoms. The first-order valence-electron chi connectivity index (χ1n) is 8.06. The van der Waals surface area contributed by atoms with Crippen LogP contribution in [0.2, 0.25) is 5.02 Å². The molecule has 3 rings (SSSR count). The molecule has 0 unspecified atom stereocenters. The molecule has 2 heterocycles. The van der Waals surface area contributed by atoms with E-state index in [4.69, 9.17) is 17.3 Å². The van der Waals surface area contributed by atoms with E-state index in [-0.39, 0.29) is 28.8 Å². The third-order valence-electron chi connectivity index (χ3n) is 4.18. The molecule has 7 nitrogen and oxygen atoms in total. The second-order valence-electron chi connectivity index (χ2n) is 6.05. The number of rotatable bonds is 6. The molecule has 0 bridgehead atoms. The van der Waals surface area contributed by atoms with Crippen molar-refractivity contribution < 1.29 is 14.7 Å².